The van der Waals surface area contributed by atoms with Crippen molar-refractivity contribution in [3.8, 4) is 0 Å². The van der Waals surface area contributed by atoms with Crippen LogP contribution < -0.4 is 15.4 Å². The van der Waals surface area contributed by atoms with Gasteiger partial charge in [0.2, 0.25) is 5.91 Å². The summed E-state index contributed by atoms with van der Waals surface area (Å²) >= 11 is 0. The van der Waals surface area contributed by atoms with Gasteiger partial charge in [0, 0.05) is 24.2 Å². The Bertz CT molecular complexity index is 1360. The van der Waals surface area contributed by atoms with E-state index in [1.807, 2.05) is 0 Å². The number of rotatable bonds is 9. The molecule has 1 unspecified atom stereocenters. The van der Waals surface area contributed by atoms with Crippen LogP contribution in [0.25, 0.3) is 0 Å². The SMILES string of the molecule is CCC(=O)Nc1ccc(C(C)NC(=O)c2ccccc2NS(=O)(=O)c2cccc([N+](=O)[O-])c2)cc1. The highest BCUT2D eigenvalue weighted by Crippen LogP contribution is 2.24. The number of carbonyl (C=O) groups excluding carboxylic acids is 2. The predicted octanol–water partition coefficient (Wildman–Crippen LogP) is 4.24. The van der Waals surface area contributed by atoms with Crippen LogP contribution in [-0.4, -0.2) is 25.2 Å². The molecule has 0 aliphatic carbocycles. The maximum Gasteiger partial charge on any atom is 0.270 e. The zero-order chi connectivity index (χ0) is 25.6. The molecule has 0 saturated carbocycles. The van der Waals surface area contributed by atoms with Crippen molar-refractivity contribution in [2.24, 2.45) is 0 Å². The molecule has 0 aromatic heterocycles. The fraction of sp³-hybridized carbons (Fsp3) is 0.167. The quantitative estimate of drug-likeness (QED) is 0.298. The standard InChI is InChI=1S/C24H24N4O6S/c1-3-23(29)26-18-13-11-17(12-14-18)16(2)25-24(30)21-9-4-5-10-22(21)27-35(33,34)20-8-6-7-19(15-20)28(31)32/h4-16,27H,3H2,1-2H3,(H,25,30)(H,26,29). The minimum Gasteiger partial charge on any atom is -0.345 e. The van der Waals surface area contributed by atoms with Gasteiger partial charge in [-0.2, -0.15) is 0 Å². The lowest BCUT2D eigenvalue weighted by atomic mass is 10.1. The molecule has 3 aromatic carbocycles. The van der Waals surface area contributed by atoms with Crippen LogP contribution in [0.5, 0.6) is 0 Å². The molecule has 11 heteroatoms. The lowest BCUT2D eigenvalue weighted by Gasteiger charge is -2.17. The molecular formula is C24H24N4O6S. The van der Waals surface area contributed by atoms with Gasteiger partial charge in [0.25, 0.3) is 21.6 Å². The first kappa shape index (κ1) is 25.4. The van der Waals surface area contributed by atoms with E-state index in [2.05, 4.69) is 15.4 Å². The molecular weight excluding hydrogens is 472 g/mol. The van der Waals surface area contributed by atoms with Crippen molar-refractivity contribution >= 4 is 38.9 Å². The number of benzene rings is 3. The van der Waals surface area contributed by atoms with E-state index in [-0.39, 0.29) is 27.7 Å². The van der Waals surface area contributed by atoms with E-state index in [4.69, 9.17) is 0 Å². The molecule has 35 heavy (non-hydrogen) atoms. The fourth-order valence-corrected chi connectivity index (χ4v) is 4.32. The second-order valence-electron chi connectivity index (χ2n) is 7.62. The maximum absolute atomic E-state index is 13.0. The number of nitro benzene ring substituents is 1. The zero-order valence-electron chi connectivity index (χ0n) is 19.0. The number of sulfonamides is 1. The lowest BCUT2D eigenvalue weighted by Crippen LogP contribution is -2.28. The topological polar surface area (TPSA) is 148 Å². The average molecular weight is 497 g/mol. The highest BCUT2D eigenvalue weighted by Gasteiger charge is 2.21. The first-order chi connectivity index (χ1) is 16.6. The lowest BCUT2D eigenvalue weighted by molar-refractivity contribution is -0.385. The third-order valence-electron chi connectivity index (χ3n) is 5.12. The minimum atomic E-state index is -4.19. The number of nitro groups is 1. The van der Waals surface area contributed by atoms with Crippen LogP contribution in [0.2, 0.25) is 0 Å². The molecule has 10 nitrogen and oxygen atoms in total. The number of nitrogens with one attached hydrogen (secondary N) is 3. The Morgan fingerprint density at radius 1 is 1.00 bits per heavy atom. The van der Waals surface area contributed by atoms with Crippen LogP contribution in [0.4, 0.5) is 17.1 Å². The van der Waals surface area contributed by atoms with E-state index in [0.29, 0.717) is 12.1 Å². The third kappa shape index (κ3) is 6.42. The van der Waals surface area contributed by atoms with Crippen LogP contribution in [-0.2, 0) is 14.8 Å². The van der Waals surface area contributed by atoms with Gasteiger partial charge in [0.15, 0.2) is 0 Å². The Hall–Kier alpha value is -4.25. The Kier molecular flexibility index (Phi) is 7.82. The summed E-state index contributed by atoms with van der Waals surface area (Å²) in [4.78, 5) is 34.5. The van der Waals surface area contributed by atoms with Crippen LogP contribution >= 0.6 is 0 Å². The Labute approximate surface area is 202 Å². The smallest absolute Gasteiger partial charge is 0.270 e. The molecule has 182 valence electrons. The number of anilines is 2. The van der Waals surface area contributed by atoms with Crippen LogP contribution in [0.15, 0.2) is 77.7 Å². The van der Waals surface area contributed by atoms with Crippen molar-refractivity contribution in [1.82, 2.24) is 5.32 Å². The Balaban J connectivity index is 1.77. The van der Waals surface area contributed by atoms with E-state index in [1.165, 1.54) is 30.3 Å². The minimum absolute atomic E-state index is 0.0290. The number of carbonyl (C=O) groups is 2. The van der Waals surface area contributed by atoms with Gasteiger partial charge in [-0.1, -0.05) is 37.3 Å². The van der Waals surface area contributed by atoms with Crippen molar-refractivity contribution in [3.63, 3.8) is 0 Å². The third-order valence-corrected chi connectivity index (χ3v) is 6.48. The van der Waals surface area contributed by atoms with E-state index in [0.717, 1.165) is 11.6 Å². The number of para-hydroxylation sites is 1. The highest BCUT2D eigenvalue weighted by atomic mass is 32.2. The first-order valence-corrected chi connectivity index (χ1v) is 12.2. The van der Waals surface area contributed by atoms with E-state index >= 15 is 0 Å². The number of nitrogens with zero attached hydrogens (tertiary/aromatic N) is 1. The van der Waals surface area contributed by atoms with Gasteiger partial charge in [-0.05, 0) is 42.8 Å². The molecule has 0 heterocycles. The Morgan fingerprint density at radius 3 is 2.34 bits per heavy atom. The van der Waals surface area contributed by atoms with E-state index in [1.54, 1.807) is 50.2 Å². The van der Waals surface area contributed by atoms with Crippen LogP contribution in [0, 0.1) is 10.1 Å². The average Bonchev–Trinajstić information content (AvgIpc) is 2.84. The highest BCUT2D eigenvalue weighted by molar-refractivity contribution is 7.92. The summed E-state index contributed by atoms with van der Waals surface area (Å²) in [5.74, 6) is -0.624. The molecule has 0 aliphatic rings. The summed E-state index contributed by atoms with van der Waals surface area (Å²) in [6.07, 6.45) is 0.360. The summed E-state index contributed by atoms with van der Waals surface area (Å²) in [6, 6.07) is 17.3. The van der Waals surface area contributed by atoms with Crippen molar-refractivity contribution in [3.05, 3.63) is 94.0 Å². The molecule has 0 saturated heterocycles. The first-order valence-electron chi connectivity index (χ1n) is 10.7. The molecule has 1 atom stereocenters. The number of hydrogen-bond donors (Lipinski definition) is 3. The zero-order valence-corrected chi connectivity index (χ0v) is 19.8. The second-order valence-corrected chi connectivity index (χ2v) is 9.31. The molecule has 0 spiro atoms. The van der Waals surface area contributed by atoms with Crippen molar-refractivity contribution in [1.29, 1.82) is 0 Å². The monoisotopic (exact) mass is 496 g/mol. The van der Waals surface area contributed by atoms with Gasteiger partial charge in [0.1, 0.15) is 0 Å². The molecule has 3 rings (SSSR count). The van der Waals surface area contributed by atoms with Gasteiger partial charge < -0.3 is 10.6 Å². The number of hydrogen-bond acceptors (Lipinski definition) is 6. The molecule has 2 amide bonds. The summed E-state index contributed by atoms with van der Waals surface area (Å²) in [5.41, 5.74) is 1.16. The van der Waals surface area contributed by atoms with Gasteiger partial charge in [0.05, 0.1) is 27.1 Å². The fourth-order valence-electron chi connectivity index (χ4n) is 3.20. The number of amides is 2. The van der Waals surface area contributed by atoms with Crippen LogP contribution in [0.3, 0.4) is 0 Å². The Morgan fingerprint density at radius 2 is 1.69 bits per heavy atom. The normalized spacial score (nSPS) is 11.8. The summed E-state index contributed by atoms with van der Waals surface area (Å²) in [7, 11) is -4.19. The molecule has 0 bridgehead atoms. The summed E-state index contributed by atoms with van der Waals surface area (Å²) < 4.78 is 28.0. The predicted molar refractivity (Wildman–Crippen MR) is 132 cm³/mol. The van der Waals surface area contributed by atoms with Crippen molar-refractivity contribution < 1.29 is 22.9 Å². The van der Waals surface area contributed by atoms with Crippen molar-refractivity contribution in [2.75, 3.05) is 10.0 Å². The van der Waals surface area contributed by atoms with Crippen LogP contribution in [0.1, 0.15) is 42.2 Å². The second kappa shape index (κ2) is 10.8. The largest absolute Gasteiger partial charge is 0.345 e. The molecule has 0 aliphatic heterocycles. The molecule has 3 N–H and O–H groups in total. The number of non-ortho nitro benzene ring substituents is 1. The summed E-state index contributed by atoms with van der Waals surface area (Å²) in [6.45, 7) is 3.52. The van der Waals surface area contributed by atoms with E-state index in [9.17, 15) is 28.1 Å². The molecule has 0 fully saturated rings. The van der Waals surface area contributed by atoms with Crippen molar-refractivity contribution in [2.45, 2.75) is 31.2 Å². The maximum atomic E-state index is 13.0. The summed E-state index contributed by atoms with van der Waals surface area (Å²) in [5, 5.41) is 16.6. The molecule has 3 aromatic rings. The van der Waals surface area contributed by atoms with Gasteiger partial charge >= 0.3 is 0 Å². The van der Waals surface area contributed by atoms with Gasteiger partial charge in [-0.3, -0.25) is 24.4 Å². The van der Waals surface area contributed by atoms with Gasteiger partial charge in [-0.15, -0.1) is 0 Å². The molecule has 0 radical (unpaired) electrons. The van der Waals surface area contributed by atoms with E-state index < -0.39 is 26.9 Å². The van der Waals surface area contributed by atoms with Gasteiger partial charge in [-0.25, -0.2) is 8.42 Å².